The Balaban J connectivity index is 1.71. The molecule has 0 aliphatic rings. The predicted octanol–water partition coefficient (Wildman–Crippen LogP) is 4.28. The third-order valence-electron chi connectivity index (χ3n) is 3.92. The minimum Gasteiger partial charge on any atom is -0.464 e. The summed E-state index contributed by atoms with van der Waals surface area (Å²) in [5.74, 6) is 1.26. The lowest BCUT2D eigenvalue weighted by atomic mass is 10.0. The maximum absolute atomic E-state index is 7.65. The minimum absolute atomic E-state index is 0.0110. The summed E-state index contributed by atoms with van der Waals surface area (Å²) in [4.78, 5) is 12.7. The highest BCUT2D eigenvalue weighted by Gasteiger charge is 2.12. The third kappa shape index (κ3) is 2.78. The van der Waals surface area contributed by atoms with Gasteiger partial charge in [-0.15, -0.1) is 0 Å². The number of nitrogens with two attached hydrogens (primary N) is 1. The molecular weight excluding hydrogens is 316 g/mol. The molecule has 0 bridgehead atoms. The summed E-state index contributed by atoms with van der Waals surface area (Å²) >= 11 is 0. The van der Waals surface area contributed by atoms with Gasteiger partial charge in [0.25, 0.3) is 0 Å². The molecule has 0 atom stereocenters. The summed E-state index contributed by atoms with van der Waals surface area (Å²) in [5, 5.41) is 0.815. The molecule has 6 nitrogen and oxygen atoms in total. The zero-order valence-electron chi connectivity index (χ0n) is 14.8. The number of furan rings is 1. The molecule has 0 aliphatic carbocycles. The van der Waals surface area contributed by atoms with Crippen molar-refractivity contribution in [2.24, 2.45) is 0 Å². The second-order valence-electron chi connectivity index (χ2n) is 5.68. The fourth-order valence-electron chi connectivity index (χ4n) is 2.70. The van der Waals surface area contributed by atoms with Gasteiger partial charge in [-0.3, -0.25) is 4.98 Å². The van der Waals surface area contributed by atoms with Crippen LogP contribution in [0.1, 0.15) is 12.6 Å². The van der Waals surface area contributed by atoms with E-state index in [0.29, 0.717) is 23.0 Å². The van der Waals surface area contributed by atoms with Gasteiger partial charge >= 0.3 is 0 Å². The SMILES string of the molecule is [2H]c1nc(C)c(-c2ccc(Oc3nccc4occc34)cc2C)nc1N. The topological polar surface area (TPSA) is 87.1 Å². The number of hydrogen-bond donors (Lipinski definition) is 1. The summed E-state index contributed by atoms with van der Waals surface area (Å²) in [7, 11) is 0. The molecule has 1 aromatic carbocycles. The van der Waals surface area contributed by atoms with E-state index in [1.54, 1.807) is 18.5 Å². The van der Waals surface area contributed by atoms with Crippen molar-refractivity contribution in [3.63, 3.8) is 0 Å². The van der Waals surface area contributed by atoms with E-state index in [0.717, 1.165) is 22.1 Å². The smallest absolute Gasteiger partial charge is 0.230 e. The highest BCUT2D eigenvalue weighted by molar-refractivity contribution is 5.82. The quantitative estimate of drug-likeness (QED) is 0.602. The fourth-order valence-corrected chi connectivity index (χ4v) is 2.70. The molecule has 4 rings (SSSR count). The van der Waals surface area contributed by atoms with Crippen molar-refractivity contribution in [2.45, 2.75) is 13.8 Å². The van der Waals surface area contributed by atoms with Crippen molar-refractivity contribution >= 4 is 16.8 Å². The van der Waals surface area contributed by atoms with Crippen molar-refractivity contribution in [3.8, 4) is 22.9 Å². The molecule has 0 saturated heterocycles. The van der Waals surface area contributed by atoms with Crippen molar-refractivity contribution < 1.29 is 10.5 Å². The Morgan fingerprint density at radius 2 is 2.04 bits per heavy atom. The van der Waals surface area contributed by atoms with Crippen LogP contribution in [0.2, 0.25) is 0 Å². The molecule has 3 aromatic heterocycles. The zero-order valence-corrected chi connectivity index (χ0v) is 13.8. The summed E-state index contributed by atoms with van der Waals surface area (Å²) in [5.41, 5.74) is 9.64. The van der Waals surface area contributed by atoms with Gasteiger partial charge in [-0.2, -0.15) is 0 Å². The van der Waals surface area contributed by atoms with Crippen LogP contribution in [0, 0.1) is 13.8 Å². The van der Waals surface area contributed by atoms with Gasteiger partial charge in [0, 0.05) is 11.8 Å². The van der Waals surface area contributed by atoms with E-state index in [2.05, 4.69) is 15.0 Å². The van der Waals surface area contributed by atoms with Crippen LogP contribution in [0.5, 0.6) is 11.6 Å². The maximum atomic E-state index is 7.65. The zero-order chi connectivity index (χ0) is 18.3. The average molecular weight is 333 g/mol. The van der Waals surface area contributed by atoms with E-state index in [1.165, 1.54) is 0 Å². The first-order valence-electron chi connectivity index (χ1n) is 8.25. The van der Waals surface area contributed by atoms with Crippen LogP contribution in [0.25, 0.3) is 22.2 Å². The average Bonchev–Trinajstić information content (AvgIpc) is 3.09. The summed E-state index contributed by atoms with van der Waals surface area (Å²) in [6.07, 6.45) is 3.24. The molecule has 124 valence electrons. The Labute approximate surface area is 145 Å². The first-order chi connectivity index (χ1) is 12.5. The Morgan fingerprint density at radius 1 is 1.16 bits per heavy atom. The summed E-state index contributed by atoms with van der Waals surface area (Å²) < 4.78 is 19.0. The maximum Gasteiger partial charge on any atom is 0.230 e. The van der Waals surface area contributed by atoms with Gasteiger partial charge in [0.05, 0.1) is 30.6 Å². The number of nitrogens with zero attached hydrogens (tertiary/aromatic N) is 3. The van der Waals surface area contributed by atoms with E-state index in [4.69, 9.17) is 16.3 Å². The van der Waals surface area contributed by atoms with Crippen LogP contribution in [0.4, 0.5) is 5.82 Å². The Hall–Kier alpha value is -3.41. The molecule has 0 unspecified atom stereocenters. The van der Waals surface area contributed by atoms with E-state index < -0.39 is 0 Å². The molecule has 0 aliphatic heterocycles. The van der Waals surface area contributed by atoms with Crippen LogP contribution >= 0.6 is 0 Å². The van der Waals surface area contributed by atoms with Crippen molar-refractivity contribution in [3.05, 3.63) is 60.2 Å². The first kappa shape index (κ1) is 14.0. The van der Waals surface area contributed by atoms with Crippen molar-refractivity contribution in [2.75, 3.05) is 5.73 Å². The highest BCUT2D eigenvalue weighted by Crippen LogP contribution is 2.32. The molecule has 2 N–H and O–H groups in total. The highest BCUT2D eigenvalue weighted by atomic mass is 16.5. The number of benzene rings is 1. The van der Waals surface area contributed by atoms with Gasteiger partial charge < -0.3 is 14.9 Å². The number of rotatable bonds is 3. The molecule has 0 radical (unpaired) electrons. The number of pyridine rings is 1. The van der Waals surface area contributed by atoms with Gasteiger partial charge in [0.15, 0.2) is 0 Å². The molecule has 0 spiro atoms. The standard InChI is InChI=1S/C19H16N4O2/c1-11-9-13(25-19-15-6-8-24-16(15)5-7-21-19)3-4-14(11)18-12(2)22-10-17(20)23-18/h3-10H,1-2H3,(H2,20,23)/i10D. The molecule has 0 amide bonds. The number of anilines is 1. The third-order valence-corrected chi connectivity index (χ3v) is 3.92. The molecule has 0 saturated carbocycles. The molecule has 3 heterocycles. The monoisotopic (exact) mass is 333 g/mol. The van der Waals surface area contributed by atoms with E-state index >= 15 is 0 Å². The second-order valence-corrected chi connectivity index (χ2v) is 5.68. The Bertz CT molecular complexity index is 1120. The van der Waals surface area contributed by atoms with Gasteiger partial charge in [0.1, 0.15) is 17.2 Å². The Morgan fingerprint density at radius 3 is 2.88 bits per heavy atom. The van der Waals surface area contributed by atoms with E-state index in [1.807, 2.05) is 38.1 Å². The van der Waals surface area contributed by atoms with Crippen LogP contribution < -0.4 is 10.5 Å². The molecule has 25 heavy (non-hydrogen) atoms. The fraction of sp³-hybridized carbons (Fsp3) is 0.105. The largest absolute Gasteiger partial charge is 0.464 e. The van der Waals surface area contributed by atoms with Crippen LogP contribution in [-0.2, 0) is 0 Å². The lowest BCUT2D eigenvalue weighted by Gasteiger charge is -2.11. The minimum atomic E-state index is -0.0110. The lowest BCUT2D eigenvalue weighted by molar-refractivity contribution is 0.468. The molecule has 6 heteroatoms. The Kier molecular flexibility index (Phi) is 3.30. The van der Waals surface area contributed by atoms with E-state index in [-0.39, 0.29) is 12.0 Å². The number of hydrogen-bond acceptors (Lipinski definition) is 6. The number of aryl methyl sites for hydroxylation is 2. The number of nitrogen functional groups attached to an aromatic ring is 1. The summed E-state index contributed by atoms with van der Waals surface area (Å²) in [6, 6.07) is 9.26. The normalized spacial score (nSPS) is 11.5. The molecular formula is C19H16N4O2. The van der Waals surface area contributed by atoms with Gasteiger partial charge in [-0.1, -0.05) is 0 Å². The second kappa shape index (κ2) is 5.90. The van der Waals surface area contributed by atoms with Gasteiger partial charge in [-0.25, -0.2) is 9.97 Å². The number of ether oxygens (including phenoxy) is 1. The number of fused-ring (bicyclic) bond motifs is 1. The number of aromatic nitrogens is 3. The van der Waals surface area contributed by atoms with Crippen LogP contribution in [0.3, 0.4) is 0 Å². The van der Waals surface area contributed by atoms with Crippen LogP contribution in [-0.4, -0.2) is 15.0 Å². The molecule has 4 aromatic rings. The van der Waals surface area contributed by atoms with Crippen LogP contribution in [0.15, 0.2) is 53.4 Å². The van der Waals surface area contributed by atoms with Gasteiger partial charge in [0.2, 0.25) is 5.88 Å². The van der Waals surface area contributed by atoms with E-state index in [9.17, 15) is 0 Å². The lowest BCUT2D eigenvalue weighted by Crippen LogP contribution is -1.99. The molecule has 0 fully saturated rings. The first-order valence-corrected chi connectivity index (χ1v) is 7.75. The predicted molar refractivity (Wildman–Crippen MR) is 95.4 cm³/mol. The van der Waals surface area contributed by atoms with Gasteiger partial charge in [-0.05, 0) is 49.7 Å². The van der Waals surface area contributed by atoms with Crippen molar-refractivity contribution in [1.82, 2.24) is 15.0 Å². The van der Waals surface area contributed by atoms with Crippen molar-refractivity contribution in [1.29, 1.82) is 0 Å². The summed E-state index contributed by atoms with van der Waals surface area (Å²) in [6.45, 7) is 3.77.